The molecule has 0 unspecified atom stereocenters. The molecule has 0 aromatic rings. The predicted octanol–water partition coefficient (Wildman–Crippen LogP) is 1.32. The Balaban J connectivity index is 3.78. The summed E-state index contributed by atoms with van der Waals surface area (Å²) in [5.74, 6) is -0.747. The van der Waals surface area contributed by atoms with E-state index in [0.717, 1.165) is 0 Å². The summed E-state index contributed by atoms with van der Waals surface area (Å²) in [6.45, 7) is 7.53. The lowest BCUT2D eigenvalue weighted by Crippen LogP contribution is -2.26. The highest BCUT2D eigenvalue weighted by atomic mass is 16.6. The van der Waals surface area contributed by atoms with Gasteiger partial charge < -0.3 is 9.47 Å². The minimum Gasteiger partial charge on any atom is -0.460 e. The Morgan fingerprint density at radius 2 is 1.79 bits per heavy atom. The van der Waals surface area contributed by atoms with Gasteiger partial charge in [0.05, 0.1) is 0 Å². The van der Waals surface area contributed by atoms with Crippen molar-refractivity contribution in [2.45, 2.75) is 39.7 Å². The maximum Gasteiger partial charge on any atom is 0.313 e. The quantitative estimate of drug-likeness (QED) is 0.498. The molecule has 0 saturated heterocycles. The SMILES string of the molecule is CCOCC(=O)CC(=O)OC(C)(C)C. The van der Waals surface area contributed by atoms with Crippen LogP contribution in [0.5, 0.6) is 0 Å². The van der Waals surface area contributed by atoms with Gasteiger partial charge in [0.15, 0.2) is 5.78 Å². The molecule has 0 atom stereocenters. The van der Waals surface area contributed by atoms with Gasteiger partial charge in [-0.25, -0.2) is 0 Å². The summed E-state index contributed by atoms with van der Waals surface area (Å²) < 4.78 is 9.84. The molecule has 4 heteroatoms. The first-order valence-corrected chi connectivity index (χ1v) is 4.66. The van der Waals surface area contributed by atoms with Crippen molar-refractivity contribution in [2.75, 3.05) is 13.2 Å². The van der Waals surface area contributed by atoms with Gasteiger partial charge in [0, 0.05) is 6.61 Å². The molecule has 0 aromatic heterocycles. The molecule has 0 bridgehead atoms. The third-order valence-electron chi connectivity index (χ3n) is 1.23. The highest BCUT2D eigenvalue weighted by Crippen LogP contribution is 2.08. The van der Waals surface area contributed by atoms with Crippen LogP contribution in [0.3, 0.4) is 0 Å². The van der Waals surface area contributed by atoms with Crippen LogP contribution in [0.4, 0.5) is 0 Å². The van der Waals surface area contributed by atoms with Crippen molar-refractivity contribution in [1.29, 1.82) is 0 Å². The Morgan fingerprint density at radius 1 is 1.21 bits per heavy atom. The maximum absolute atomic E-state index is 11.1. The molecule has 0 aliphatic carbocycles. The summed E-state index contributed by atoms with van der Waals surface area (Å²) in [4.78, 5) is 22.2. The molecule has 0 N–H and O–H groups in total. The molecule has 14 heavy (non-hydrogen) atoms. The van der Waals surface area contributed by atoms with Crippen molar-refractivity contribution < 1.29 is 19.1 Å². The van der Waals surface area contributed by atoms with E-state index in [-0.39, 0.29) is 18.8 Å². The smallest absolute Gasteiger partial charge is 0.313 e. The summed E-state index contributed by atoms with van der Waals surface area (Å²) in [5, 5.41) is 0. The number of Topliss-reactive ketones (excluding diaryl/α,β-unsaturated/α-hetero) is 1. The zero-order valence-corrected chi connectivity index (χ0v) is 9.25. The van der Waals surface area contributed by atoms with Gasteiger partial charge in [0.25, 0.3) is 0 Å². The molecule has 0 heterocycles. The zero-order chi connectivity index (χ0) is 11.2. The molecule has 0 aliphatic rings. The highest BCUT2D eigenvalue weighted by Gasteiger charge is 2.18. The van der Waals surface area contributed by atoms with E-state index in [9.17, 15) is 9.59 Å². The van der Waals surface area contributed by atoms with Crippen molar-refractivity contribution in [3.63, 3.8) is 0 Å². The molecule has 0 rings (SSSR count). The standard InChI is InChI=1S/C10H18O4/c1-5-13-7-8(11)6-9(12)14-10(2,3)4/h5-7H2,1-4H3. The lowest BCUT2D eigenvalue weighted by molar-refractivity contribution is -0.156. The first kappa shape index (κ1) is 13.1. The molecular weight excluding hydrogens is 184 g/mol. The minimum absolute atomic E-state index is 0.0181. The van der Waals surface area contributed by atoms with E-state index in [4.69, 9.17) is 9.47 Å². The van der Waals surface area contributed by atoms with Crippen molar-refractivity contribution in [3.8, 4) is 0 Å². The molecule has 0 spiro atoms. The van der Waals surface area contributed by atoms with Crippen LogP contribution >= 0.6 is 0 Å². The van der Waals surface area contributed by atoms with Gasteiger partial charge in [-0.15, -0.1) is 0 Å². The summed E-state index contributed by atoms with van der Waals surface area (Å²) >= 11 is 0. The lowest BCUT2D eigenvalue weighted by atomic mass is 10.2. The number of carbonyl (C=O) groups excluding carboxylic acids is 2. The van der Waals surface area contributed by atoms with E-state index in [1.807, 2.05) is 0 Å². The fraction of sp³-hybridized carbons (Fsp3) is 0.800. The summed E-state index contributed by atoms with van der Waals surface area (Å²) in [5.41, 5.74) is -0.539. The van der Waals surface area contributed by atoms with E-state index in [1.165, 1.54) is 0 Å². The lowest BCUT2D eigenvalue weighted by Gasteiger charge is -2.19. The number of ether oxygens (including phenoxy) is 2. The summed E-state index contributed by atoms with van der Waals surface area (Å²) in [6.07, 6.45) is -0.211. The average molecular weight is 202 g/mol. The Kier molecular flexibility index (Phi) is 5.38. The fourth-order valence-electron chi connectivity index (χ4n) is 0.806. The number of ketones is 1. The largest absolute Gasteiger partial charge is 0.460 e. The number of hydrogen-bond donors (Lipinski definition) is 0. The van der Waals surface area contributed by atoms with Gasteiger partial charge in [-0.2, -0.15) is 0 Å². The Hall–Kier alpha value is -0.900. The summed E-state index contributed by atoms with van der Waals surface area (Å²) in [6, 6.07) is 0. The van der Waals surface area contributed by atoms with E-state index >= 15 is 0 Å². The van der Waals surface area contributed by atoms with E-state index < -0.39 is 11.6 Å². The molecular formula is C10H18O4. The Labute approximate surface area is 84.6 Å². The number of carbonyl (C=O) groups is 2. The van der Waals surface area contributed by atoms with Crippen LogP contribution in [0, 0.1) is 0 Å². The van der Waals surface area contributed by atoms with Crippen molar-refractivity contribution in [3.05, 3.63) is 0 Å². The van der Waals surface area contributed by atoms with Gasteiger partial charge >= 0.3 is 5.97 Å². The number of hydrogen-bond acceptors (Lipinski definition) is 4. The molecule has 0 amide bonds. The monoisotopic (exact) mass is 202 g/mol. The van der Waals surface area contributed by atoms with Gasteiger partial charge in [-0.1, -0.05) is 0 Å². The van der Waals surface area contributed by atoms with Crippen LogP contribution in [0.15, 0.2) is 0 Å². The molecule has 0 fully saturated rings. The third kappa shape index (κ3) is 7.73. The number of esters is 1. The molecule has 0 radical (unpaired) electrons. The van der Waals surface area contributed by atoms with E-state index in [2.05, 4.69) is 0 Å². The van der Waals surface area contributed by atoms with Crippen LogP contribution < -0.4 is 0 Å². The first-order chi connectivity index (χ1) is 6.35. The van der Waals surface area contributed by atoms with Crippen LogP contribution in [-0.2, 0) is 19.1 Å². The maximum atomic E-state index is 11.1. The van der Waals surface area contributed by atoms with Crippen LogP contribution in [0.2, 0.25) is 0 Å². The first-order valence-electron chi connectivity index (χ1n) is 4.66. The minimum atomic E-state index is -0.539. The highest BCUT2D eigenvalue weighted by molar-refractivity contribution is 5.96. The van der Waals surface area contributed by atoms with Crippen LogP contribution in [-0.4, -0.2) is 30.6 Å². The van der Waals surface area contributed by atoms with E-state index in [0.29, 0.717) is 6.61 Å². The predicted molar refractivity (Wildman–Crippen MR) is 52.0 cm³/mol. The second-order valence-electron chi connectivity index (χ2n) is 3.94. The molecule has 4 nitrogen and oxygen atoms in total. The third-order valence-corrected chi connectivity index (χ3v) is 1.23. The van der Waals surface area contributed by atoms with Gasteiger partial charge in [0.1, 0.15) is 18.6 Å². The van der Waals surface area contributed by atoms with Crippen LogP contribution in [0.25, 0.3) is 0 Å². The van der Waals surface area contributed by atoms with Crippen molar-refractivity contribution in [2.24, 2.45) is 0 Å². The Morgan fingerprint density at radius 3 is 2.21 bits per heavy atom. The van der Waals surface area contributed by atoms with Gasteiger partial charge in [-0.3, -0.25) is 9.59 Å². The molecule has 0 saturated carbocycles. The Bertz CT molecular complexity index is 203. The number of rotatable bonds is 5. The average Bonchev–Trinajstić information content (AvgIpc) is 1.96. The molecule has 0 aromatic carbocycles. The topological polar surface area (TPSA) is 52.6 Å². The van der Waals surface area contributed by atoms with E-state index in [1.54, 1.807) is 27.7 Å². The van der Waals surface area contributed by atoms with Crippen molar-refractivity contribution in [1.82, 2.24) is 0 Å². The fourth-order valence-corrected chi connectivity index (χ4v) is 0.806. The normalized spacial score (nSPS) is 11.1. The van der Waals surface area contributed by atoms with Crippen LogP contribution in [0.1, 0.15) is 34.1 Å². The van der Waals surface area contributed by atoms with Gasteiger partial charge in [-0.05, 0) is 27.7 Å². The summed E-state index contributed by atoms with van der Waals surface area (Å²) in [7, 11) is 0. The molecule has 82 valence electrons. The van der Waals surface area contributed by atoms with Crippen molar-refractivity contribution >= 4 is 11.8 Å². The molecule has 0 aliphatic heterocycles. The second kappa shape index (κ2) is 5.75. The zero-order valence-electron chi connectivity index (χ0n) is 9.25. The second-order valence-corrected chi connectivity index (χ2v) is 3.94. The van der Waals surface area contributed by atoms with Gasteiger partial charge in [0.2, 0.25) is 0 Å².